The van der Waals surface area contributed by atoms with Crippen molar-refractivity contribution in [2.45, 2.75) is 46.0 Å². The van der Waals surface area contributed by atoms with Gasteiger partial charge in [-0.3, -0.25) is 4.79 Å². The lowest BCUT2D eigenvalue weighted by molar-refractivity contribution is -0.114. The van der Waals surface area contributed by atoms with Crippen LogP contribution in [0.2, 0.25) is 0 Å². The number of hydrogen-bond donors (Lipinski definition) is 2. The van der Waals surface area contributed by atoms with E-state index in [1.54, 1.807) is 6.07 Å². The van der Waals surface area contributed by atoms with E-state index in [9.17, 15) is 4.79 Å². The molecule has 2 aromatic rings. The molecule has 0 bridgehead atoms. The zero-order valence-electron chi connectivity index (χ0n) is 15.1. The van der Waals surface area contributed by atoms with Crippen LogP contribution in [0.15, 0.2) is 36.4 Å². The summed E-state index contributed by atoms with van der Waals surface area (Å²) in [5, 5.41) is 6.09. The summed E-state index contributed by atoms with van der Waals surface area (Å²) in [6.07, 6.45) is 0. The first-order valence-corrected chi connectivity index (χ1v) is 8.21. The zero-order chi connectivity index (χ0) is 17.7. The fraction of sp³-hybridized carbons (Fsp3) is 0.421. The Hall–Kier alpha value is -2.43. The Kier molecular flexibility index (Phi) is 5.54. The maximum absolute atomic E-state index is 11.1. The second-order valence-corrected chi connectivity index (χ2v) is 7.07. The topological polar surface area (TPSA) is 66.9 Å². The SMILES string of the molecule is CC(=O)Nc1cccc(C(C)CNc2cccc(C(C)(C)C)n2)n1. The van der Waals surface area contributed by atoms with E-state index < -0.39 is 0 Å². The third kappa shape index (κ3) is 5.05. The van der Waals surface area contributed by atoms with Gasteiger partial charge in [-0.2, -0.15) is 0 Å². The van der Waals surface area contributed by atoms with Crippen LogP contribution in [-0.4, -0.2) is 22.4 Å². The number of nitrogens with one attached hydrogen (secondary N) is 2. The summed E-state index contributed by atoms with van der Waals surface area (Å²) in [5.41, 5.74) is 2.02. The summed E-state index contributed by atoms with van der Waals surface area (Å²) in [5.74, 6) is 1.53. The molecule has 2 aromatic heterocycles. The van der Waals surface area contributed by atoms with Gasteiger partial charge in [0, 0.05) is 36.2 Å². The van der Waals surface area contributed by atoms with Crippen molar-refractivity contribution in [2.75, 3.05) is 17.2 Å². The van der Waals surface area contributed by atoms with Gasteiger partial charge in [0.15, 0.2) is 0 Å². The number of nitrogens with zero attached hydrogens (tertiary/aromatic N) is 2. The molecule has 0 aliphatic carbocycles. The second kappa shape index (κ2) is 7.43. The van der Waals surface area contributed by atoms with Crippen LogP contribution in [0.3, 0.4) is 0 Å². The van der Waals surface area contributed by atoms with E-state index >= 15 is 0 Å². The molecule has 5 heteroatoms. The molecular weight excluding hydrogens is 300 g/mol. The second-order valence-electron chi connectivity index (χ2n) is 7.07. The predicted molar refractivity (Wildman–Crippen MR) is 98.4 cm³/mol. The molecule has 0 aliphatic heterocycles. The zero-order valence-corrected chi connectivity index (χ0v) is 15.1. The van der Waals surface area contributed by atoms with Crippen LogP contribution in [0.1, 0.15) is 51.9 Å². The average molecular weight is 326 g/mol. The Bertz CT molecular complexity index is 707. The van der Waals surface area contributed by atoms with E-state index in [1.807, 2.05) is 30.3 Å². The third-order valence-corrected chi connectivity index (χ3v) is 3.69. The van der Waals surface area contributed by atoms with Crippen LogP contribution in [0.25, 0.3) is 0 Å². The average Bonchev–Trinajstić information content (AvgIpc) is 2.51. The highest BCUT2D eigenvalue weighted by molar-refractivity contribution is 5.87. The first-order chi connectivity index (χ1) is 11.3. The van der Waals surface area contributed by atoms with Crippen LogP contribution in [0.4, 0.5) is 11.6 Å². The highest BCUT2D eigenvalue weighted by Crippen LogP contribution is 2.22. The highest BCUT2D eigenvalue weighted by atomic mass is 16.1. The lowest BCUT2D eigenvalue weighted by Gasteiger charge is -2.19. The molecule has 1 unspecified atom stereocenters. The highest BCUT2D eigenvalue weighted by Gasteiger charge is 2.15. The van der Waals surface area contributed by atoms with Gasteiger partial charge in [0.2, 0.25) is 5.91 Å². The summed E-state index contributed by atoms with van der Waals surface area (Å²) in [6, 6.07) is 11.7. The van der Waals surface area contributed by atoms with Gasteiger partial charge in [-0.1, -0.05) is 39.8 Å². The number of anilines is 2. The Labute approximate surface area is 143 Å². The number of aromatic nitrogens is 2. The summed E-state index contributed by atoms with van der Waals surface area (Å²) in [6.45, 7) is 10.8. The van der Waals surface area contributed by atoms with Crippen molar-refractivity contribution >= 4 is 17.5 Å². The number of carbonyl (C=O) groups is 1. The van der Waals surface area contributed by atoms with E-state index in [0.29, 0.717) is 5.82 Å². The maximum atomic E-state index is 11.1. The molecule has 1 atom stereocenters. The lowest BCUT2D eigenvalue weighted by atomic mass is 9.92. The van der Waals surface area contributed by atoms with Gasteiger partial charge in [0.05, 0.1) is 0 Å². The van der Waals surface area contributed by atoms with E-state index in [4.69, 9.17) is 0 Å². The monoisotopic (exact) mass is 326 g/mol. The predicted octanol–water partition coefficient (Wildman–Crippen LogP) is 3.95. The quantitative estimate of drug-likeness (QED) is 0.873. The minimum atomic E-state index is -0.117. The largest absolute Gasteiger partial charge is 0.369 e. The standard InChI is InChI=1S/C19H26N4O/c1-13(15-8-6-11-18(22-15)21-14(2)24)12-20-17-10-7-9-16(23-17)19(3,4)5/h6-11,13H,12H2,1-5H3,(H,20,23)(H,21,22,24). The van der Waals surface area contributed by atoms with Gasteiger partial charge in [0.1, 0.15) is 11.6 Å². The molecule has 2 rings (SSSR count). The molecular formula is C19H26N4O. The Morgan fingerprint density at radius 1 is 1.08 bits per heavy atom. The molecule has 5 nitrogen and oxygen atoms in total. The summed E-state index contributed by atoms with van der Waals surface area (Å²) in [7, 11) is 0. The molecule has 24 heavy (non-hydrogen) atoms. The van der Waals surface area contributed by atoms with E-state index in [0.717, 1.165) is 23.8 Å². The number of amides is 1. The van der Waals surface area contributed by atoms with Crippen molar-refractivity contribution in [1.29, 1.82) is 0 Å². The fourth-order valence-electron chi connectivity index (χ4n) is 2.29. The van der Waals surface area contributed by atoms with Crippen LogP contribution < -0.4 is 10.6 Å². The minimum absolute atomic E-state index is 0.0253. The molecule has 0 saturated heterocycles. The van der Waals surface area contributed by atoms with Gasteiger partial charge >= 0.3 is 0 Å². The molecule has 2 heterocycles. The van der Waals surface area contributed by atoms with Crippen molar-refractivity contribution in [2.24, 2.45) is 0 Å². The lowest BCUT2D eigenvalue weighted by Crippen LogP contribution is -2.17. The molecule has 128 valence electrons. The molecule has 1 amide bonds. The number of carbonyl (C=O) groups excluding carboxylic acids is 1. The van der Waals surface area contributed by atoms with Crippen LogP contribution in [0.5, 0.6) is 0 Å². The molecule has 0 aliphatic rings. The van der Waals surface area contributed by atoms with Gasteiger partial charge in [-0.15, -0.1) is 0 Å². The number of hydrogen-bond acceptors (Lipinski definition) is 4. The molecule has 0 saturated carbocycles. The van der Waals surface area contributed by atoms with Gasteiger partial charge in [-0.05, 0) is 24.3 Å². The van der Waals surface area contributed by atoms with Crippen molar-refractivity contribution in [1.82, 2.24) is 9.97 Å². The Balaban J connectivity index is 2.03. The summed E-state index contributed by atoms with van der Waals surface area (Å²) >= 11 is 0. The van der Waals surface area contributed by atoms with Crippen LogP contribution >= 0.6 is 0 Å². The third-order valence-electron chi connectivity index (χ3n) is 3.69. The molecule has 2 N–H and O–H groups in total. The summed E-state index contributed by atoms with van der Waals surface area (Å²) < 4.78 is 0. The number of rotatable bonds is 5. The van der Waals surface area contributed by atoms with Crippen molar-refractivity contribution in [3.8, 4) is 0 Å². The van der Waals surface area contributed by atoms with Crippen molar-refractivity contribution in [3.63, 3.8) is 0 Å². The van der Waals surface area contributed by atoms with E-state index in [2.05, 4.69) is 48.3 Å². The first-order valence-electron chi connectivity index (χ1n) is 8.21. The van der Waals surface area contributed by atoms with Gasteiger partial charge in [0.25, 0.3) is 0 Å². The first kappa shape index (κ1) is 17.9. The molecule has 0 aromatic carbocycles. The van der Waals surface area contributed by atoms with Gasteiger partial charge < -0.3 is 10.6 Å². The molecule has 0 spiro atoms. The summed E-state index contributed by atoms with van der Waals surface area (Å²) in [4.78, 5) is 20.3. The van der Waals surface area contributed by atoms with Crippen molar-refractivity contribution < 1.29 is 4.79 Å². The van der Waals surface area contributed by atoms with Crippen LogP contribution in [-0.2, 0) is 10.2 Å². The minimum Gasteiger partial charge on any atom is -0.369 e. The van der Waals surface area contributed by atoms with Gasteiger partial charge in [-0.25, -0.2) is 9.97 Å². The Morgan fingerprint density at radius 2 is 1.75 bits per heavy atom. The maximum Gasteiger partial charge on any atom is 0.222 e. The Morgan fingerprint density at radius 3 is 2.42 bits per heavy atom. The molecule has 0 radical (unpaired) electrons. The fourth-order valence-corrected chi connectivity index (χ4v) is 2.29. The normalized spacial score (nSPS) is 12.5. The molecule has 0 fully saturated rings. The van der Waals surface area contributed by atoms with Crippen LogP contribution in [0, 0.1) is 0 Å². The van der Waals surface area contributed by atoms with E-state index in [1.165, 1.54) is 6.92 Å². The number of pyridine rings is 2. The smallest absolute Gasteiger partial charge is 0.222 e. The van der Waals surface area contributed by atoms with Crippen molar-refractivity contribution in [3.05, 3.63) is 47.8 Å². The van der Waals surface area contributed by atoms with E-state index in [-0.39, 0.29) is 17.2 Å².